The summed E-state index contributed by atoms with van der Waals surface area (Å²) in [5.74, 6) is 0.477. The van der Waals surface area contributed by atoms with Crippen LogP contribution in [0.3, 0.4) is 0 Å². The van der Waals surface area contributed by atoms with Crippen LogP contribution in [0.4, 0.5) is 0 Å². The second-order valence-electron chi connectivity index (χ2n) is 14.6. The molecule has 40 heavy (non-hydrogen) atoms. The van der Waals surface area contributed by atoms with Crippen molar-refractivity contribution in [2.24, 2.45) is 50.7 Å². The maximum absolute atomic E-state index is 14.2. The molecule has 0 heterocycles. The molecule has 5 aliphatic rings. The Balaban J connectivity index is 0.00000118. The number of ketones is 2. The number of nitrogens with zero attached hydrogens (tertiary/aromatic N) is 1. The van der Waals surface area contributed by atoms with Crippen molar-refractivity contribution in [3.8, 4) is 6.07 Å². The molecule has 3 fully saturated rings. The number of rotatable bonds is 2. The van der Waals surface area contributed by atoms with Gasteiger partial charge >= 0.3 is 0 Å². The molecule has 6 unspecified atom stereocenters. The fourth-order valence-corrected chi connectivity index (χ4v) is 9.85. The molecule has 0 spiro atoms. The summed E-state index contributed by atoms with van der Waals surface area (Å²) in [5, 5.41) is 9.83. The minimum atomic E-state index is -0.645. The second-order valence-corrected chi connectivity index (χ2v) is 14.6. The van der Waals surface area contributed by atoms with E-state index in [2.05, 4.69) is 44.6 Å². The molecule has 5 rings (SSSR count). The normalized spacial score (nSPS) is 43.1. The Labute approximate surface area is 239 Å². The van der Waals surface area contributed by atoms with Crippen LogP contribution >= 0.6 is 0 Å². The van der Waals surface area contributed by atoms with Gasteiger partial charge in [0.2, 0.25) is 5.91 Å². The predicted molar refractivity (Wildman–Crippen MR) is 153 cm³/mol. The Morgan fingerprint density at radius 1 is 1.02 bits per heavy atom. The summed E-state index contributed by atoms with van der Waals surface area (Å²) in [5.41, 5.74) is 5.23. The summed E-state index contributed by atoms with van der Waals surface area (Å²) in [4.78, 5) is 49.2. The number of nitriles is 1. The Hall–Kier alpha value is -2.59. The van der Waals surface area contributed by atoms with Crippen molar-refractivity contribution in [1.29, 1.82) is 5.26 Å². The summed E-state index contributed by atoms with van der Waals surface area (Å²) in [6, 6.07) is 2.17. The molecule has 8 atom stereocenters. The third-order valence-corrected chi connectivity index (χ3v) is 12.1. The minimum absolute atomic E-state index is 0.0150. The molecule has 0 aromatic heterocycles. The first-order valence-electron chi connectivity index (χ1n) is 14.9. The van der Waals surface area contributed by atoms with Gasteiger partial charge < -0.3 is 4.79 Å². The van der Waals surface area contributed by atoms with E-state index in [0.717, 1.165) is 56.8 Å². The summed E-state index contributed by atoms with van der Waals surface area (Å²) < 4.78 is 0. The average Bonchev–Trinajstić information content (AvgIpc) is 2.88. The lowest BCUT2D eigenvalue weighted by molar-refractivity contribution is -0.154. The van der Waals surface area contributed by atoms with Gasteiger partial charge in [-0.3, -0.25) is 19.8 Å². The molecule has 0 aromatic carbocycles. The molecule has 0 saturated heterocycles. The first-order valence-corrected chi connectivity index (χ1v) is 14.9. The van der Waals surface area contributed by atoms with Crippen LogP contribution in [-0.4, -0.2) is 30.8 Å². The van der Waals surface area contributed by atoms with Crippen molar-refractivity contribution >= 4 is 23.8 Å². The van der Waals surface area contributed by atoms with Crippen molar-refractivity contribution in [3.05, 3.63) is 23.3 Å². The van der Waals surface area contributed by atoms with Crippen molar-refractivity contribution in [2.45, 2.75) is 93.4 Å². The minimum Gasteiger partial charge on any atom is -0.304 e. The Bertz CT molecular complexity index is 1230. The van der Waals surface area contributed by atoms with Gasteiger partial charge in [0.1, 0.15) is 12.4 Å². The number of nitrogens with one attached hydrogen (secondary N) is 2. The number of hydrogen-bond acceptors (Lipinski definition) is 6. The van der Waals surface area contributed by atoms with Gasteiger partial charge in [0.15, 0.2) is 11.6 Å². The summed E-state index contributed by atoms with van der Waals surface area (Å²) in [7, 11) is 1.71. The molecule has 0 aromatic rings. The Morgan fingerprint density at radius 2 is 1.68 bits per heavy atom. The lowest BCUT2D eigenvalue weighted by atomic mass is 9.38. The first kappa shape index (κ1) is 30.4. The molecule has 2 N–H and O–H groups in total. The molecular weight excluding hydrogens is 502 g/mol. The van der Waals surface area contributed by atoms with E-state index in [1.807, 2.05) is 26.0 Å². The SMILES string of the molecule is CC=O.CNNC(=O)[C@@]1(C)CCC2(C)CCC3C(C(=O)C=C4C5(C)C=C(C#N)C(=O)C(C)(C)C5CC[C@@]43C)C2C1. The van der Waals surface area contributed by atoms with Gasteiger partial charge in [-0.2, -0.15) is 5.26 Å². The Morgan fingerprint density at radius 3 is 2.27 bits per heavy atom. The van der Waals surface area contributed by atoms with Crippen LogP contribution < -0.4 is 10.9 Å². The van der Waals surface area contributed by atoms with Crippen LogP contribution in [0.2, 0.25) is 0 Å². The number of Topliss-reactive ketones (excluding diaryl/α,β-unsaturated/α-hetero) is 1. The van der Waals surface area contributed by atoms with Gasteiger partial charge in [-0.15, -0.1) is 0 Å². The molecule has 0 bridgehead atoms. The predicted octanol–water partition coefficient (Wildman–Crippen LogP) is 5.27. The third-order valence-electron chi connectivity index (χ3n) is 12.1. The van der Waals surface area contributed by atoms with Crippen LogP contribution in [0.25, 0.3) is 0 Å². The quantitative estimate of drug-likeness (QED) is 0.358. The highest BCUT2D eigenvalue weighted by atomic mass is 16.2. The largest absolute Gasteiger partial charge is 0.304 e. The van der Waals surface area contributed by atoms with Crippen molar-refractivity contribution in [3.63, 3.8) is 0 Å². The van der Waals surface area contributed by atoms with Gasteiger partial charge in [-0.1, -0.05) is 53.2 Å². The number of fused-ring (bicyclic) bond motifs is 7. The molecule has 218 valence electrons. The molecule has 1 amide bonds. The highest BCUT2D eigenvalue weighted by molar-refractivity contribution is 6.04. The molecule has 3 saturated carbocycles. The molecular formula is C33H47N3O4. The zero-order valence-electron chi connectivity index (χ0n) is 25.6. The lowest BCUT2D eigenvalue weighted by Crippen LogP contribution is -2.61. The standard InChI is InChI=1S/C31H43N3O3.C2H4O/c1-27(2)22-9-11-30(5)19-8-10-28(3)12-13-29(4,26(37)34-33-7)16-20(28)24(19)21(35)14-23(30)31(22,6)15-18(17-32)25(27)36;1-2-3/h14-15,19-20,22,24,33H,8-13,16H2,1-7H3,(H,34,37);2H,1H3/t19?,20?,22?,24?,28?,29-,30+,31?;/m0./s1. The third kappa shape index (κ3) is 4.24. The van der Waals surface area contributed by atoms with E-state index < -0.39 is 16.2 Å². The maximum atomic E-state index is 14.2. The van der Waals surface area contributed by atoms with Crippen LogP contribution in [0.15, 0.2) is 23.3 Å². The summed E-state index contributed by atoms with van der Waals surface area (Å²) in [6.07, 6.45) is 11.0. The number of hydrogen-bond donors (Lipinski definition) is 2. The number of allylic oxidation sites excluding steroid dienone is 4. The van der Waals surface area contributed by atoms with E-state index in [4.69, 9.17) is 4.79 Å². The number of amides is 1. The van der Waals surface area contributed by atoms with Gasteiger partial charge in [0.05, 0.1) is 5.57 Å². The van der Waals surface area contributed by atoms with Gasteiger partial charge in [-0.25, -0.2) is 5.43 Å². The van der Waals surface area contributed by atoms with Crippen LogP contribution in [-0.2, 0) is 19.2 Å². The highest BCUT2D eigenvalue weighted by Gasteiger charge is 2.65. The number of hydrazine groups is 1. The van der Waals surface area contributed by atoms with E-state index in [1.54, 1.807) is 7.05 Å². The van der Waals surface area contributed by atoms with E-state index in [0.29, 0.717) is 0 Å². The van der Waals surface area contributed by atoms with Gasteiger partial charge in [-0.05, 0) is 86.5 Å². The molecule has 7 heteroatoms. The smallest absolute Gasteiger partial charge is 0.240 e. The van der Waals surface area contributed by atoms with Crippen LogP contribution in [0, 0.1) is 62.1 Å². The topological polar surface area (TPSA) is 116 Å². The monoisotopic (exact) mass is 549 g/mol. The number of carbonyl (C=O) groups is 4. The second kappa shape index (κ2) is 10.0. The average molecular weight is 550 g/mol. The Kier molecular flexibility index (Phi) is 7.63. The van der Waals surface area contributed by atoms with Crippen LogP contribution in [0.5, 0.6) is 0 Å². The molecule has 0 aliphatic heterocycles. The van der Waals surface area contributed by atoms with E-state index >= 15 is 0 Å². The van der Waals surface area contributed by atoms with E-state index in [-0.39, 0.29) is 57.5 Å². The zero-order chi connectivity index (χ0) is 29.9. The van der Waals surface area contributed by atoms with Crippen LogP contribution in [0.1, 0.15) is 93.4 Å². The molecule has 0 radical (unpaired) electrons. The fraction of sp³-hybridized carbons (Fsp3) is 0.727. The molecule has 5 aliphatic carbocycles. The van der Waals surface area contributed by atoms with Crippen molar-refractivity contribution in [1.82, 2.24) is 10.9 Å². The van der Waals surface area contributed by atoms with Crippen molar-refractivity contribution in [2.75, 3.05) is 7.05 Å². The first-order chi connectivity index (χ1) is 18.6. The van der Waals surface area contributed by atoms with Crippen molar-refractivity contribution < 1.29 is 19.2 Å². The summed E-state index contributed by atoms with van der Waals surface area (Å²) >= 11 is 0. The van der Waals surface area contributed by atoms with Gasteiger partial charge in [0.25, 0.3) is 0 Å². The highest BCUT2D eigenvalue weighted by Crippen LogP contribution is 2.70. The maximum Gasteiger partial charge on any atom is 0.240 e. The summed E-state index contributed by atoms with van der Waals surface area (Å²) in [6.45, 7) is 14.3. The number of carbonyl (C=O) groups excluding carboxylic acids is 4. The van der Waals surface area contributed by atoms with E-state index in [1.165, 1.54) is 6.92 Å². The van der Waals surface area contributed by atoms with Gasteiger partial charge in [0, 0.05) is 29.2 Å². The fourth-order valence-electron chi connectivity index (χ4n) is 9.85. The zero-order valence-corrected chi connectivity index (χ0v) is 25.6. The van der Waals surface area contributed by atoms with E-state index in [9.17, 15) is 19.6 Å². The lowest BCUT2D eigenvalue weighted by Gasteiger charge is -2.64. The number of aldehydes is 1. The molecule has 7 nitrogen and oxygen atoms in total.